The Balaban J connectivity index is 2.30. The number of amides is 1. The molecule has 2 N–H and O–H groups in total. The zero-order chi connectivity index (χ0) is 14.9. The summed E-state index contributed by atoms with van der Waals surface area (Å²) in [6.07, 6.45) is 3.35. The molecule has 0 radical (unpaired) electrons. The Kier molecular flexibility index (Phi) is 5.13. The van der Waals surface area contributed by atoms with Crippen LogP contribution in [0.5, 0.6) is 5.75 Å². The molecule has 2 rings (SSSR count). The van der Waals surface area contributed by atoms with Crippen molar-refractivity contribution in [3.05, 3.63) is 26.6 Å². The molecule has 2 unspecified atom stereocenters. The first-order valence-corrected chi connectivity index (χ1v) is 8.34. The molecule has 0 saturated heterocycles. The molecule has 1 fully saturated rings. The summed E-state index contributed by atoms with van der Waals surface area (Å²) in [4.78, 5) is 11.9. The lowest BCUT2D eigenvalue weighted by molar-refractivity contribution is -0.119. The predicted octanol–water partition coefficient (Wildman–Crippen LogP) is 4.23. The molecule has 0 aromatic heterocycles. The molecule has 3 nitrogen and oxygen atoms in total. The van der Waals surface area contributed by atoms with Crippen molar-refractivity contribution in [2.75, 3.05) is 7.11 Å². The van der Waals surface area contributed by atoms with Crippen molar-refractivity contribution in [3.8, 4) is 5.75 Å². The molecule has 2 atom stereocenters. The van der Waals surface area contributed by atoms with Crippen LogP contribution in [0, 0.1) is 11.8 Å². The Labute approximate surface area is 136 Å². The van der Waals surface area contributed by atoms with Gasteiger partial charge in [0.1, 0.15) is 5.75 Å². The molecule has 0 spiro atoms. The number of ether oxygens (including phenoxy) is 1. The molecular weight excluding hydrogens is 386 g/mol. The number of carbonyl (C=O) groups is 1. The van der Waals surface area contributed by atoms with Gasteiger partial charge in [0, 0.05) is 4.47 Å². The van der Waals surface area contributed by atoms with Crippen LogP contribution in [0.2, 0.25) is 0 Å². The van der Waals surface area contributed by atoms with Crippen molar-refractivity contribution < 1.29 is 9.53 Å². The van der Waals surface area contributed by atoms with Gasteiger partial charge >= 0.3 is 0 Å². The largest absolute Gasteiger partial charge is 0.496 e. The van der Waals surface area contributed by atoms with Crippen LogP contribution in [-0.2, 0) is 4.79 Å². The van der Waals surface area contributed by atoms with Gasteiger partial charge in [-0.1, -0.05) is 22.9 Å². The molecule has 0 heterocycles. The normalized spacial score (nSPS) is 17.6. The van der Waals surface area contributed by atoms with E-state index in [2.05, 4.69) is 38.8 Å². The molecule has 20 heavy (non-hydrogen) atoms. The highest BCUT2D eigenvalue weighted by atomic mass is 79.9. The van der Waals surface area contributed by atoms with E-state index in [1.54, 1.807) is 7.11 Å². The Morgan fingerprint density at radius 3 is 2.55 bits per heavy atom. The maximum Gasteiger partial charge on any atom is 0.225 e. The van der Waals surface area contributed by atoms with E-state index in [9.17, 15) is 4.79 Å². The van der Waals surface area contributed by atoms with Crippen molar-refractivity contribution in [2.45, 2.75) is 32.1 Å². The predicted molar refractivity (Wildman–Crippen MR) is 86.8 cm³/mol. The van der Waals surface area contributed by atoms with Gasteiger partial charge < -0.3 is 10.5 Å². The Morgan fingerprint density at radius 2 is 2.05 bits per heavy atom. The number of hydrogen-bond acceptors (Lipinski definition) is 2. The molecule has 5 heteroatoms. The number of methoxy groups -OCH3 is 1. The average molecular weight is 405 g/mol. The van der Waals surface area contributed by atoms with Gasteiger partial charge in [-0.15, -0.1) is 0 Å². The maximum absolute atomic E-state index is 11.9. The number of hydrogen-bond donors (Lipinski definition) is 1. The third-order valence-electron chi connectivity index (χ3n) is 4.02. The molecule has 0 bridgehead atoms. The minimum Gasteiger partial charge on any atom is -0.496 e. The third kappa shape index (κ3) is 3.55. The quantitative estimate of drug-likeness (QED) is 0.771. The zero-order valence-corrected chi connectivity index (χ0v) is 14.8. The third-order valence-corrected chi connectivity index (χ3v) is 5.33. The highest BCUT2D eigenvalue weighted by molar-refractivity contribution is 9.11. The number of nitrogens with two attached hydrogens (primary N) is 1. The topological polar surface area (TPSA) is 52.3 Å². The molecule has 110 valence electrons. The smallest absolute Gasteiger partial charge is 0.225 e. The van der Waals surface area contributed by atoms with Gasteiger partial charge in [-0.25, -0.2) is 0 Å². The number of benzene rings is 1. The van der Waals surface area contributed by atoms with Crippen LogP contribution < -0.4 is 10.5 Å². The van der Waals surface area contributed by atoms with E-state index in [1.807, 2.05) is 12.1 Å². The second-order valence-corrected chi connectivity index (χ2v) is 7.22. The van der Waals surface area contributed by atoms with E-state index < -0.39 is 0 Å². The number of carbonyl (C=O) groups excluding carboxylic acids is 1. The molecule has 1 amide bonds. The van der Waals surface area contributed by atoms with Crippen LogP contribution in [0.25, 0.3) is 0 Å². The fourth-order valence-corrected chi connectivity index (χ4v) is 4.03. The molecule has 1 aromatic carbocycles. The zero-order valence-electron chi connectivity index (χ0n) is 11.7. The second-order valence-electron chi connectivity index (χ2n) is 5.51. The lowest BCUT2D eigenvalue weighted by atomic mass is 9.87. The van der Waals surface area contributed by atoms with Gasteiger partial charge in [-0.05, 0) is 64.7 Å². The van der Waals surface area contributed by atoms with Gasteiger partial charge in [0.2, 0.25) is 5.91 Å². The highest BCUT2D eigenvalue weighted by Crippen LogP contribution is 2.43. The van der Waals surface area contributed by atoms with E-state index >= 15 is 0 Å². The van der Waals surface area contributed by atoms with E-state index in [0.717, 1.165) is 26.8 Å². The fraction of sp³-hybridized carbons (Fsp3) is 0.533. The van der Waals surface area contributed by atoms with Gasteiger partial charge in [-0.3, -0.25) is 4.79 Å². The summed E-state index contributed by atoms with van der Waals surface area (Å²) in [7, 11) is 1.61. The molecule has 1 aliphatic carbocycles. The van der Waals surface area contributed by atoms with E-state index in [1.165, 1.54) is 12.8 Å². The van der Waals surface area contributed by atoms with Crippen molar-refractivity contribution >= 4 is 37.8 Å². The van der Waals surface area contributed by atoms with Crippen molar-refractivity contribution in [1.82, 2.24) is 0 Å². The van der Waals surface area contributed by atoms with Gasteiger partial charge in [0.05, 0.1) is 17.5 Å². The summed E-state index contributed by atoms with van der Waals surface area (Å²) in [5.41, 5.74) is 6.53. The first kappa shape index (κ1) is 15.8. The lowest BCUT2D eigenvalue weighted by Gasteiger charge is -2.20. The Bertz CT molecular complexity index is 515. The summed E-state index contributed by atoms with van der Waals surface area (Å²) in [5.74, 6) is 1.44. The molecule has 1 aliphatic rings. The molecule has 1 aromatic rings. The van der Waals surface area contributed by atoms with Crippen LogP contribution in [0.3, 0.4) is 0 Å². The molecule has 0 aliphatic heterocycles. The van der Waals surface area contributed by atoms with E-state index in [-0.39, 0.29) is 11.8 Å². The number of halogens is 2. The first-order chi connectivity index (χ1) is 9.43. The number of rotatable bonds is 6. The SMILES string of the molecule is COc1cc(C(CC(C)C2CC2)C(N)=O)c(Br)cc1Br. The second kappa shape index (κ2) is 6.48. The fourth-order valence-electron chi connectivity index (χ4n) is 2.59. The van der Waals surface area contributed by atoms with Crippen LogP contribution in [0.15, 0.2) is 21.1 Å². The Hall–Kier alpha value is -0.550. The van der Waals surface area contributed by atoms with Gasteiger partial charge in [0.25, 0.3) is 0 Å². The van der Waals surface area contributed by atoms with Crippen molar-refractivity contribution in [2.24, 2.45) is 17.6 Å². The summed E-state index contributed by atoms with van der Waals surface area (Å²) in [6, 6.07) is 3.80. The van der Waals surface area contributed by atoms with Crippen LogP contribution in [-0.4, -0.2) is 13.0 Å². The molecular formula is C15H19Br2NO2. The minimum absolute atomic E-state index is 0.275. The standard InChI is InChI=1S/C15H19Br2NO2/c1-8(9-3-4-9)5-11(15(18)19)10-6-14(20-2)13(17)7-12(10)16/h6-9,11H,3-5H2,1-2H3,(H2,18,19). The van der Waals surface area contributed by atoms with Crippen LogP contribution in [0.1, 0.15) is 37.7 Å². The van der Waals surface area contributed by atoms with E-state index in [0.29, 0.717) is 11.7 Å². The van der Waals surface area contributed by atoms with Crippen LogP contribution in [0.4, 0.5) is 0 Å². The van der Waals surface area contributed by atoms with Crippen LogP contribution >= 0.6 is 31.9 Å². The van der Waals surface area contributed by atoms with Gasteiger partial charge in [0.15, 0.2) is 0 Å². The monoisotopic (exact) mass is 403 g/mol. The van der Waals surface area contributed by atoms with Crippen molar-refractivity contribution in [1.29, 1.82) is 0 Å². The summed E-state index contributed by atoms with van der Waals surface area (Å²) in [6.45, 7) is 2.21. The van der Waals surface area contributed by atoms with Crippen molar-refractivity contribution in [3.63, 3.8) is 0 Å². The highest BCUT2D eigenvalue weighted by Gasteiger charge is 2.32. The lowest BCUT2D eigenvalue weighted by Crippen LogP contribution is -2.24. The minimum atomic E-state index is -0.276. The molecule has 1 saturated carbocycles. The summed E-state index contributed by atoms with van der Waals surface area (Å²) in [5, 5.41) is 0. The first-order valence-electron chi connectivity index (χ1n) is 6.76. The maximum atomic E-state index is 11.9. The summed E-state index contributed by atoms with van der Waals surface area (Å²) < 4.78 is 7.06. The van der Waals surface area contributed by atoms with Gasteiger partial charge in [-0.2, -0.15) is 0 Å². The number of primary amides is 1. The summed E-state index contributed by atoms with van der Waals surface area (Å²) >= 11 is 6.97. The van der Waals surface area contributed by atoms with E-state index in [4.69, 9.17) is 10.5 Å². The Morgan fingerprint density at radius 1 is 1.40 bits per heavy atom. The average Bonchev–Trinajstić information content (AvgIpc) is 3.20.